The van der Waals surface area contributed by atoms with Crippen molar-refractivity contribution in [3.63, 3.8) is 0 Å². The van der Waals surface area contributed by atoms with E-state index in [1.165, 1.54) is 0 Å². The van der Waals surface area contributed by atoms with E-state index in [1.54, 1.807) is 23.1 Å². The van der Waals surface area contributed by atoms with Crippen LogP contribution >= 0.6 is 23.2 Å². The second kappa shape index (κ2) is 11.6. The van der Waals surface area contributed by atoms with Crippen LogP contribution in [0.3, 0.4) is 0 Å². The molecule has 2 fully saturated rings. The van der Waals surface area contributed by atoms with Crippen LogP contribution < -0.4 is 0 Å². The molecule has 0 aromatic heterocycles. The number of carbonyl (C=O) groups excluding carboxylic acids is 1. The summed E-state index contributed by atoms with van der Waals surface area (Å²) in [4.78, 5) is 28.2. The quantitative estimate of drug-likeness (QED) is 0.339. The molecule has 0 spiro atoms. The van der Waals surface area contributed by atoms with Crippen LogP contribution in [-0.4, -0.2) is 47.3 Å². The number of piperidine rings is 1. The molecule has 1 aliphatic heterocycles. The van der Waals surface area contributed by atoms with E-state index in [9.17, 15) is 23.1 Å². The maximum atomic E-state index is 14.5. The summed E-state index contributed by atoms with van der Waals surface area (Å²) >= 11 is 12.6. The predicted octanol–water partition coefficient (Wildman–Crippen LogP) is 6.67. The van der Waals surface area contributed by atoms with Crippen LogP contribution in [0.5, 0.6) is 0 Å². The lowest BCUT2D eigenvalue weighted by molar-refractivity contribution is -0.161. The summed E-state index contributed by atoms with van der Waals surface area (Å²) in [5, 5.41) is 10.6. The molecule has 38 heavy (non-hydrogen) atoms. The van der Waals surface area contributed by atoms with Crippen molar-refractivity contribution in [2.45, 2.75) is 82.0 Å². The molecule has 1 saturated carbocycles. The molecule has 1 heterocycles. The predicted molar refractivity (Wildman–Crippen MR) is 150 cm³/mol. The fourth-order valence-electron chi connectivity index (χ4n) is 6.08. The number of carbonyl (C=O) groups is 2. The number of sulfone groups is 1. The van der Waals surface area contributed by atoms with Crippen LogP contribution in [0, 0.1) is 5.41 Å². The number of hydrogen-bond acceptors (Lipinski definition) is 4. The monoisotopic (exact) mass is 579 g/mol. The van der Waals surface area contributed by atoms with Gasteiger partial charge in [-0.15, -0.1) is 0 Å². The molecule has 4 unspecified atom stereocenters. The molecule has 6 nitrogen and oxygen atoms in total. The summed E-state index contributed by atoms with van der Waals surface area (Å²) < 4.78 is 26.7. The van der Waals surface area contributed by atoms with E-state index >= 15 is 0 Å². The van der Waals surface area contributed by atoms with Crippen molar-refractivity contribution in [1.29, 1.82) is 0 Å². The normalized spacial score (nSPS) is 25.2. The lowest BCUT2D eigenvalue weighted by atomic mass is 9.65. The van der Waals surface area contributed by atoms with Gasteiger partial charge in [0.15, 0.2) is 9.84 Å². The Bertz CT molecular complexity index is 1280. The smallest absolute Gasteiger partial charge is 0.304 e. The molecular formula is C29H35Cl2NO5S. The third-order valence-electron chi connectivity index (χ3n) is 8.48. The Hall–Kier alpha value is -2.09. The van der Waals surface area contributed by atoms with Gasteiger partial charge in [-0.05, 0) is 67.5 Å². The van der Waals surface area contributed by atoms with Gasteiger partial charge in [-0.25, -0.2) is 8.42 Å². The van der Waals surface area contributed by atoms with Crippen LogP contribution in [0.25, 0.3) is 0 Å². The molecule has 2 aromatic carbocycles. The second-order valence-electron chi connectivity index (χ2n) is 10.7. The van der Waals surface area contributed by atoms with Crippen LogP contribution in [0.2, 0.25) is 10.0 Å². The number of rotatable bonds is 10. The van der Waals surface area contributed by atoms with Crippen molar-refractivity contribution in [3.05, 3.63) is 69.7 Å². The van der Waals surface area contributed by atoms with E-state index in [0.29, 0.717) is 42.1 Å². The highest BCUT2D eigenvalue weighted by Gasteiger charge is 2.54. The Balaban J connectivity index is 1.91. The topological polar surface area (TPSA) is 91.8 Å². The molecule has 2 aromatic rings. The number of hydrogen-bond donors (Lipinski definition) is 1. The molecule has 206 valence electrons. The number of aliphatic carboxylic acids is 1. The Morgan fingerprint density at radius 1 is 1.08 bits per heavy atom. The fraction of sp³-hybridized carbons (Fsp3) is 0.517. The minimum Gasteiger partial charge on any atom is -0.481 e. The molecule has 4 rings (SSSR count). The van der Waals surface area contributed by atoms with Gasteiger partial charge in [0.1, 0.15) is 0 Å². The van der Waals surface area contributed by atoms with Crippen molar-refractivity contribution >= 4 is 44.9 Å². The number of likely N-dealkylation sites (tertiary alicyclic amines) is 1. The largest absolute Gasteiger partial charge is 0.481 e. The van der Waals surface area contributed by atoms with Crippen LogP contribution in [0.15, 0.2) is 48.5 Å². The van der Waals surface area contributed by atoms with Crippen molar-refractivity contribution in [1.82, 2.24) is 4.90 Å². The summed E-state index contributed by atoms with van der Waals surface area (Å²) in [5.41, 5.74) is 0.539. The molecule has 1 saturated heterocycles. The second-order valence-corrected chi connectivity index (χ2v) is 13.9. The van der Waals surface area contributed by atoms with Gasteiger partial charge in [0.05, 0.1) is 28.9 Å². The number of carboxylic acid groups (broad SMARTS) is 1. The zero-order valence-electron chi connectivity index (χ0n) is 21.8. The summed E-state index contributed by atoms with van der Waals surface area (Å²) in [7, 11) is -3.43. The first-order chi connectivity index (χ1) is 18.0. The first-order valence-electron chi connectivity index (χ1n) is 13.3. The molecule has 1 amide bonds. The van der Waals surface area contributed by atoms with E-state index in [1.807, 2.05) is 44.2 Å². The van der Waals surface area contributed by atoms with Crippen molar-refractivity contribution in [2.24, 2.45) is 5.41 Å². The number of carboxylic acids is 1. The summed E-state index contributed by atoms with van der Waals surface area (Å²) in [6.45, 7) is 3.73. The Kier molecular flexibility index (Phi) is 8.80. The zero-order chi connectivity index (χ0) is 27.7. The van der Waals surface area contributed by atoms with E-state index in [2.05, 4.69) is 0 Å². The van der Waals surface area contributed by atoms with Crippen molar-refractivity contribution in [2.75, 3.05) is 5.75 Å². The van der Waals surface area contributed by atoms with Crippen LogP contribution in [0.4, 0.5) is 0 Å². The van der Waals surface area contributed by atoms with Gasteiger partial charge in [0.2, 0.25) is 5.91 Å². The average molecular weight is 581 g/mol. The maximum absolute atomic E-state index is 14.5. The van der Waals surface area contributed by atoms with Gasteiger partial charge in [-0.2, -0.15) is 0 Å². The van der Waals surface area contributed by atoms with Gasteiger partial charge in [0, 0.05) is 22.0 Å². The van der Waals surface area contributed by atoms with Crippen molar-refractivity contribution in [3.8, 4) is 0 Å². The molecule has 4 atom stereocenters. The minimum atomic E-state index is -3.43. The molecule has 1 aliphatic carbocycles. The molecule has 0 bridgehead atoms. The first-order valence-corrected chi connectivity index (χ1v) is 15.8. The average Bonchev–Trinajstić information content (AvgIpc) is 2.82. The Morgan fingerprint density at radius 3 is 2.29 bits per heavy atom. The highest BCUT2D eigenvalue weighted by molar-refractivity contribution is 7.92. The van der Waals surface area contributed by atoms with Gasteiger partial charge >= 0.3 is 5.97 Å². The summed E-state index contributed by atoms with van der Waals surface area (Å²) in [5.74, 6) is -1.78. The molecular weight excluding hydrogens is 545 g/mol. The van der Waals surface area contributed by atoms with Gasteiger partial charge in [-0.1, -0.05) is 67.7 Å². The first kappa shape index (κ1) is 28.9. The van der Waals surface area contributed by atoms with Gasteiger partial charge in [0.25, 0.3) is 0 Å². The summed E-state index contributed by atoms with van der Waals surface area (Å²) in [6.07, 6.45) is 2.93. The van der Waals surface area contributed by atoms with Crippen LogP contribution in [0.1, 0.15) is 81.9 Å². The Morgan fingerprint density at radius 2 is 1.76 bits per heavy atom. The lowest BCUT2D eigenvalue weighted by Gasteiger charge is -2.53. The zero-order valence-corrected chi connectivity index (χ0v) is 24.1. The van der Waals surface area contributed by atoms with Gasteiger partial charge in [-0.3, -0.25) is 9.59 Å². The SMILES string of the molecule is CCC(CS(=O)(=O)C1CCC1)N1C(=O)C(CC)(CC(=O)O)CC(c2cccc(Cl)c2)C1c1ccc(Cl)cc1. The van der Waals surface area contributed by atoms with Crippen molar-refractivity contribution < 1.29 is 23.1 Å². The maximum Gasteiger partial charge on any atom is 0.304 e. The minimum absolute atomic E-state index is 0.140. The standard InChI is InChI=1S/C29H35Cl2NO5S/c1-3-23(18-38(36,37)24-9-6-10-24)32-27(19-11-13-21(30)14-12-19)25(20-7-5-8-22(31)15-20)16-29(4-2,28(32)35)17-26(33)34/h5,7-8,11-15,23-25,27H,3-4,6,9-10,16-18H2,1-2H3,(H,33,34). The highest BCUT2D eigenvalue weighted by Crippen LogP contribution is 2.53. The van der Waals surface area contributed by atoms with Gasteiger partial charge < -0.3 is 10.0 Å². The molecule has 9 heteroatoms. The highest BCUT2D eigenvalue weighted by atomic mass is 35.5. The van der Waals surface area contributed by atoms with E-state index in [0.717, 1.165) is 17.5 Å². The number of benzene rings is 2. The summed E-state index contributed by atoms with van der Waals surface area (Å²) in [6, 6.07) is 13.6. The number of nitrogens with zero attached hydrogens (tertiary/aromatic N) is 1. The fourth-order valence-corrected chi connectivity index (χ4v) is 8.67. The number of halogens is 2. The lowest BCUT2D eigenvalue weighted by Crippen LogP contribution is -2.58. The van der Waals surface area contributed by atoms with E-state index < -0.39 is 33.3 Å². The third kappa shape index (κ3) is 5.75. The molecule has 2 aliphatic rings. The Labute approximate surface area is 235 Å². The van der Waals surface area contributed by atoms with E-state index in [4.69, 9.17) is 23.2 Å². The molecule has 1 N–H and O–H groups in total. The third-order valence-corrected chi connectivity index (χ3v) is 11.3. The number of amides is 1. The van der Waals surface area contributed by atoms with E-state index in [-0.39, 0.29) is 29.2 Å². The molecule has 0 radical (unpaired) electrons. The van der Waals surface area contributed by atoms with Crippen LogP contribution in [-0.2, 0) is 19.4 Å².